The summed E-state index contributed by atoms with van der Waals surface area (Å²) in [6.45, 7) is 1.73. The van der Waals surface area contributed by atoms with Gasteiger partial charge in [-0.25, -0.2) is 0 Å². The molecule has 3 amide bonds. The summed E-state index contributed by atoms with van der Waals surface area (Å²) in [5.41, 5.74) is 1.08. The summed E-state index contributed by atoms with van der Waals surface area (Å²) in [4.78, 5) is 36.4. The number of hydrogen-bond donors (Lipinski definition) is 1. The highest BCUT2D eigenvalue weighted by Crippen LogP contribution is 2.14. The van der Waals surface area contributed by atoms with Gasteiger partial charge in [-0.2, -0.15) is 0 Å². The molecule has 1 saturated heterocycles. The minimum Gasteiger partial charge on any atom is -0.345 e. The first kappa shape index (κ1) is 14.2. The number of nitrogens with zero attached hydrogens (tertiary/aromatic N) is 1. The van der Waals surface area contributed by atoms with E-state index in [1.165, 1.54) is 11.8 Å². The first-order valence-electron chi connectivity index (χ1n) is 6.73. The van der Waals surface area contributed by atoms with Crippen LogP contribution in [0, 0.1) is 0 Å². The van der Waals surface area contributed by atoms with Crippen molar-refractivity contribution in [2.24, 2.45) is 0 Å². The van der Waals surface area contributed by atoms with Crippen LogP contribution in [-0.2, 0) is 20.8 Å². The number of carbonyl (C=O) groups is 3. The fourth-order valence-electron chi connectivity index (χ4n) is 2.34. The summed E-state index contributed by atoms with van der Waals surface area (Å²) in [6, 6.07) is 9.13. The van der Waals surface area contributed by atoms with Gasteiger partial charge in [0.2, 0.25) is 11.8 Å². The van der Waals surface area contributed by atoms with E-state index in [2.05, 4.69) is 5.32 Å². The van der Waals surface area contributed by atoms with E-state index in [0.29, 0.717) is 25.8 Å². The molecule has 1 aromatic carbocycles. The Kier molecular flexibility index (Phi) is 4.50. The van der Waals surface area contributed by atoms with Gasteiger partial charge in [0, 0.05) is 19.9 Å². The van der Waals surface area contributed by atoms with Crippen molar-refractivity contribution in [1.29, 1.82) is 0 Å². The summed E-state index contributed by atoms with van der Waals surface area (Å²) in [5.74, 6) is -0.708. The smallest absolute Gasteiger partial charge is 0.251 e. The molecule has 0 aliphatic carbocycles. The van der Waals surface area contributed by atoms with Crippen LogP contribution >= 0.6 is 0 Å². The van der Waals surface area contributed by atoms with Crippen molar-refractivity contribution in [3.8, 4) is 0 Å². The van der Waals surface area contributed by atoms with Crippen molar-refractivity contribution >= 4 is 17.7 Å². The predicted octanol–water partition coefficient (Wildman–Crippen LogP) is 0.883. The maximum atomic E-state index is 12.2. The van der Waals surface area contributed by atoms with Crippen LogP contribution in [0.4, 0.5) is 0 Å². The standard InChI is InChI=1S/C15H18N2O3/c1-11(18)16-13-7-8-14(19)17(15(13)20)10-9-12-5-3-2-4-6-12/h2-6,13H,7-10H2,1H3,(H,16,18). The lowest BCUT2D eigenvalue weighted by molar-refractivity contribution is -0.151. The second kappa shape index (κ2) is 6.32. The van der Waals surface area contributed by atoms with Gasteiger partial charge >= 0.3 is 0 Å². The Morgan fingerprint density at radius 1 is 1.30 bits per heavy atom. The van der Waals surface area contributed by atoms with Crippen LogP contribution in [-0.4, -0.2) is 35.2 Å². The third-order valence-electron chi connectivity index (χ3n) is 3.36. The number of nitrogens with one attached hydrogen (secondary N) is 1. The molecule has 0 saturated carbocycles. The molecule has 0 radical (unpaired) electrons. The average molecular weight is 274 g/mol. The van der Waals surface area contributed by atoms with Crippen LogP contribution in [0.3, 0.4) is 0 Å². The van der Waals surface area contributed by atoms with Crippen LogP contribution in [0.2, 0.25) is 0 Å². The van der Waals surface area contributed by atoms with Crippen LogP contribution in [0.1, 0.15) is 25.3 Å². The molecule has 0 aromatic heterocycles. The van der Waals surface area contributed by atoms with Crippen LogP contribution in [0.5, 0.6) is 0 Å². The van der Waals surface area contributed by atoms with Gasteiger partial charge in [-0.15, -0.1) is 0 Å². The highest BCUT2D eigenvalue weighted by Gasteiger charge is 2.34. The van der Waals surface area contributed by atoms with Gasteiger partial charge in [0.15, 0.2) is 0 Å². The van der Waals surface area contributed by atoms with E-state index in [0.717, 1.165) is 5.56 Å². The summed E-state index contributed by atoms with van der Waals surface area (Å²) >= 11 is 0. The fraction of sp³-hybridized carbons (Fsp3) is 0.400. The highest BCUT2D eigenvalue weighted by molar-refractivity contribution is 6.01. The predicted molar refractivity (Wildman–Crippen MR) is 73.7 cm³/mol. The summed E-state index contributed by atoms with van der Waals surface area (Å²) in [5, 5.41) is 2.60. The normalized spacial score (nSPS) is 19.1. The number of hydrogen-bond acceptors (Lipinski definition) is 3. The van der Waals surface area contributed by atoms with Crippen LogP contribution in [0.15, 0.2) is 30.3 Å². The topological polar surface area (TPSA) is 66.5 Å². The van der Waals surface area contributed by atoms with Crippen molar-refractivity contribution < 1.29 is 14.4 Å². The second-order valence-electron chi connectivity index (χ2n) is 4.91. The molecule has 0 spiro atoms. The zero-order valence-corrected chi connectivity index (χ0v) is 11.5. The Morgan fingerprint density at radius 2 is 2.00 bits per heavy atom. The molecule has 5 heteroatoms. The van der Waals surface area contributed by atoms with Gasteiger partial charge in [0.1, 0.15) is 6.04 Å². The Labute approximate surface area is 118 Å². The van der Waals surface area contributed by atoms with Crippen molar-refractivity contribution in [2.75, 3.05) is 6.54 Å². The molecule has 1 unspecified atom stereocenters. The third kappa shape index (κ3) is 3.44. The SMILES string of the molecule is CC(=O)NC1CCC(=O)N(CCc2ccccc2)C1=O. The summed E-state index contributed by atoms with van der Waals surface area (Å²) < 4.78 is 0. The van der Waals surface area contributed by atoms with Crippen molar-refractivity contribution in [3.05, 3.63) is 35.9 Å². The molecular weight excluding hydrogens is 256 g/mol. The summed E-state index contributed by atoms with van der Waals surface area (Å²) in [7, 11) is 0. The van der Waals surface area contributed by atoms with E-state index in [1.54, 1.807) is 0 Å². The van der Waals surface area contributed by atoms with E-state index in [4.69, 9.17) is 0 Å². The molecule has 1 aliphatic heterocycles. The fourth-order valence-corrected chi connectivity index (χ4v) is 2.34. The van der Waals surface area contributed by atoms with Gasteiger partial charge in [-0.3, -0.25) is 19.3 Å². The number of benzene rings is 1. The molecular formula is C15H18N2O3. The van der Waals surface area contributed by atoms with Gasteiger partial charge in [0.25, 0.3) is 5.91 Å². The van der Waals surface area contributed by atoms with E-state index in [1.807, 2.05) is 30.3 Å². The van der Waals surface area contributed by atoms with Crippen molar-refractivity contribution in [2.45, 2.75) is 32.2 Å². The first-order valence-corrected chi connectivity index (χ1v) is 6.73. The molecule has 1 fully saturated rings. The minimum absolute atomic E-state index is 0.160. The first-order chi connectivity index (χ1) is 9.58. The lowest BCUT2D eigenvalue weighted by Crippen LogP contribution is -2.54. The third-order valence-corrected chi connectivity index (χ3v) is 3.36. The Hall–Kier alpha value is -2.17. The van der Waals surface area contributed by atoms with Crippen LogP contribution in [0.25, 0.3) is 0 Å². The maximum Gasteiger partial charge on any atom is 0.251 e. The van der Waals surface area contributed by atoms with Gasteiger partial charge in [-0.1, -0.05) is 30.3 Å². The number of amides is 3. The van der Waals surface area contributed by atoms with Crippen molar-refractivity contribution in [3.63, 3.8) is 0 Å². The highest BCUT2D eigenvalue weighted by atomic mass is 16.2. The zero-order chi connectivity index (χ0) is 14.5. The molecule has 1 N–H and O–H groups in total. The lowest BCUT2D eigenvalue weighted by Gasteiger charge is -2.30. The monoisotopic (exact) mass is 274 g/mol. The quantitative estimate of drug-likeness (QED) is 0.829. The van der Waals surface area contributed by atoms with Gasteiger partial charge in [0.05, 0.1) is 0 Å². The number of piperidine rings is 1. The molecule has 20 heavy (non-hydrogen) atoms. The largest absolute Gasteiger partial charge is 0.345 e. The number of rotatable bonds is 4. The Balaban J connectivity index is 1.99. The second-order valence-corrected chi connectivity index (χ2v) is 4.91. The Morgan fingerprint density at radius 3 is 2.65 bits per heavy atom. The van der Waals surface area contributed by atoms with E-state index >= 15 is 0 Å². The molecule has 2 rings (SSSR count). The van der Waals surface area contributed by atoms with Crippen molar-refractivity contribution in [1.82, 2.24) is 10.2 Å². The van der Waals surface area contributed by atoms with E-state index < -0.39 is 6.04 Å². The van der Waals surface area contributed by atoms with Crippen LogP contribution < -0.4 is 5.32 Å². The van der Waals surface area contributed by atoms with Gasteiger partial charge < -0.3 is 5.32 Å². The maximum absolute atomic E-state index is 12.2. The molecule has 1 heterocycles. The minimum atomic E-state index is -0.569. The molecule has 1 aliphatic rings. The average Bonchev–Trinajstić information content (AvgIpc) is 2.43. The van der Waals surface area contributed by atoms with E-state index in [9.17, 15) is 14.4 Å². The summed E-state index contributed by atoms with van der Waals surface area (Å²) in [6.07, 6.45) is 1.32. The Bertz CT molecular complexity index is 513. The molecule has 0 bridgehead atoms. The van der Waals surface area contributed by atoms with E-state index in [-0.39, 0.29) is 17.7 Å². The number of likely N-dealkylation sites (tertiary alicyclic amines) is 1. The molecule has 5 nitrogen and oxygen atoms in total. The molecule has 1 atom stereocenters. The lowest BCUT2D eigenvalue weighted by atomic mass is 10.0. The molecule has 106 valence electrons. The van der Waals surface area contributed by atoms with Gasteiger partial charge in [-0.05, 0) is 18.4 Å². The number of carbonyl (C=O) groups excluding carboxylic acids is 3. The zero-order valence-electron chi connectivity index (χ0n) is 11.5. The number of imide groups is 1. The molecule has 1 aromatic rings.